The Morgan fingerprint density at radius 3 is 2.36 bits per heavy atom. The third kappa shape index (κ3) is 3.86. The lowest BCUT2D eigenvalue weighted by Gasteiger charge is -2.13. The molecule has 0 saturated carbocycles. The number of methoxy groups -OCH3 is 2. The standard InChI is InChI=1S/C18H20O4/c1-21-16-11-9-14(12-17(16)22-2)18(20)15(19)10-8-13-6-4-3-5-7-13/h3-7,9,11-12,18,20H,8,10H2,1-2H3. The molecule has 0 radical (unpaired) electrons. The molecule has 0 aliphatic carbocycles. The maximum atomic E-state index is 12.1. The molecular weight excluding hydrogens is 280 g/mol. The summed E-state index contributed by atoms with van der Waals surface area (Å²) in [5.41, 5.74) is 1.59. The lowest BCUT2D eigenvalue weighted by atomic mass is 9.99. The number of rotatable bonds is 7. The van der Waals surface area contributed by atoms with Crippen LogP contribution in [0.3, 0.4) is 0 Å². The molecule has 116 valence electrons. The maximum Gasteiger partial charge on any atom is 0.166 e. The van der Waals surface area contributed by atoms with Gasteiger partial charge >= 0.3 is 0 Å². The highest BCUT2D eigenvalue weighted by molar-refractivity contribution is 5.84. The zero-order valence-corrected chi connectivity index (χ0v) is 12.8. The number of aliphatic hydroxyl groups is 1. The van der Waals surface area contributed by atoms with Crippen molar-refractivity contribution < 1.29 is 19.4 Å². The van der Waals surface area contributed by atoms with E-state index in [0.29, 0.717) is 29.9 Å². The van der Waals surface area contributed by atoms with Gasteiger partial charge in [-0.15, -0.1) is 0 Å². The van der Waals surface area contributed by atoms with E-state index >= 15 is 0 Å². The van der Waals surface area contributed by atoms with E-state index in [9.17, 15) is 9.90 Å². The fourth-order valence-corrected chi connectivity index (χ4v) is 2.26. The summed E-state index contributed by atoms with van der Waals surface area (Å²) < 4.78 is 10.3. The number of ketones is 1. The fraction of sp³-hybridized carbons (Fsp3) is 0.278. The number of ether oxygens (including phenoxy) is 2. The van der Waals surface area contributed by atoms with Gasteiger partial charge in [-0.1, -0.05) is 36.4 Å². The van der Waals surface area contributed by atoms with Gasteiger partial charge in [0.1, 0.15) is 6.10 Å². The van der Waals surface area contributed by atoms with Crippen molar-refractivity contribution >= 4 is 5.78 Å². The number of hydrogen-bond acceptors (Lipinski definition) is 4. The largest absolute Gasteiger partial charge is 0.493 e. The molecule has 0 aliphatic rings. The SMILES string of the molecule is COc1ccc(C(O)C(=O)CCc2ccccc2)cc1OC. The van der Waals surface area contributed by atoms with E-state index in [2.05, 4.69) is 0 Å². The third-order valence-electron chi connectivity index (χ3n) is 3.53. The lowest BCUT2D eigenvalue weighted by molar-refractivity contribution is -0.127. The van der Waals surface area contributed by atoms with E-state index in [1.807, 2.05) is 30.3 Å². The predicted octanol–water partition coefficient (Wildman–Crippen LogP) is 2.94. The van der Waals surface area contributed by atoms with Crippen LogP contribution in [0.25, 0.3) is 0 Å². The van der Waals surface area contributed by atoms with Gasteiger partial charge in [-0.25, -0.2) is 0 Å². The van der Waals surface area contributed by atoms with Crippen LogP contribution >= 0.6 is 0 Å². The van der Waals surface area contributed by atoms with Gasteiger partial charge in [-0.2, -0.15) is 0 Å². The molecule has 0 spiro atoms. The Labute approximate surface area is 130 Å². The Bertz CT molecular complexity index is 622. The molecule has 0 fully saturated rings. The fourth-order valence-electron chi connectivity index (χ4n) is 2.26. The minimum atomic E-state index is -1.15. The molecular formula is C18H20O4. The van der Waals surface area contributed by atoms with Crippen molar-refractivity contribution in [2.24, 2.45) is 0 Å². The highest BCUT2D eigenvalue weighted by Gasteiger charge is 2.19. The first-order valence-electron chi connectivity index (χ1n) is 7.12. The molecule has 0 aliphatic heterocycles. The van der Waals surface area contributed by atoms with Crippen LogP contribution in [0.4, 0.5) is 0 Å². The van der Waals surface area contributed by atoms with Crippen LogP contribution in [-0.4, -0.2) is 25.1 Å². The average molecular weight is 300 g/mol. The minimum absolute atomic E-state index is 0.212. The summed E-state index contributed by atoms with van der Waals surface area (Å²) in [5.74, 6) is 0.848. The van der Waals surface area contributed by atoms with Crippen LogP contribution in [0.2, 0.25) is 0 Å². The van der Waals surface area contributed by atoms with Crippen LogP contribution < -0.4 is 9.47 Å². The zero-order chi connectivity index (χ0) is 15.9. The Morgan fingerprint density at radius 1 is 1.05 bits per heavy atom. The maximum absolute atomic E-state index is 12.1. The summed E-state index contributed by atoms with van der Waals surface area (Å²) in [4.78, 5) is 12.1. The predicted molar refractivity (Wildman–Crippen MR) is 84.3 cm³/mol. The molecule has 0 aromatic heterocycles. The molecule has 22 heavy (non-hydrogen) atoms. The Hall–Kier alpha value is -2.33. The summed E-state index contributed by atoms with van der Waals surface area (Å²) in [6.45, 7) is 0. The average Bonchev–Trinajstić information content (AvgIpc) is 2.59. The summed E-state index contributed by atoms with van der Waals surface area (Å²) in [7, 11) is 3.06. The van der Waals surface area contributed by atoms with Crippen molar-refractivity contribution in [2.45, 2.75) is 18.9 Å². The highest BCUT2D eigenvalue weighted by Crippen LogP contribution is 2.30. The van der Waals surface area contributed by atoms with Crippen molar-refractivity contribution in [3.05, 3.63) is 59.7 Å². The molecule has 2 aromatic carbocycles. The summed E-state index contributed by atoms with van der Waals surface area (Å²) in [6, 6.07) is 14.7. The van der Waals surface area contributed by atoms with E-state index in [4.69, 9.17) is 9.47 Å². The van der Waals surface area contributed by atoms with Gasteiger partial charge in [0.25, 0.3) is 0 Å². The van der Waals surface area contributed by atoms with Gasteiger partial charge in [-0.05, 0) is 29.7 Å². The van der Waals surface area contributed by atoms with Gasteiger partial charge in [0.05, 0.1) is 14.2 Å². The second kappa shape index (κ2) is 7.61. The molecule has 4 heteroatoms. The lowest BCUT2D eigenvalue weighted by Crippen LogP contribution is -2.13. The van der Waals surface area contributed by atoms with Gasteiger partial charge < -0.3 is 14.6 Å². The molecule has 0 saturated heterocycles. The van der Waals surface area contributed by atoms with Crippen LogP contribution in [0.5, 0.6) is 11.5 Å². The summed E-state index contributed by atoms with van der Waals surface area (Å²) >= 11 is 0. The quantitative estimate of drug-likeness (QED) is 0.854. The second-order valence-corrected chi connectivity index (χ2v) is 4.97. The van der Waals surface area contributed by atoms with E-state index < -0.39 is 6.10 Å². The van der Waals surface area contributed by atoms with Crippen LogP contribution in [0.15, 0.2) is 48.5 Å². The van der Waals surface area contributed by atoms with Crippen LogP contribution in [0, 0.1) is 0 Å². The Kier molecular flexibility index (Phi) is 5.55. The Balaban J connectivity index is 2.04. The molecule has 0 bridgehead atoms. The van der Waals surface area contributed by atoms with Crippen molar-refractivity contribution in [2.75, 3.05) is 14.2 Å². The van der Waals surface area contributed by atoms with E-state index in [0.717, 1.165) is 5.56 Å². The normalized spacial score (nSPS) is 11.8. The number of carbonyl (C=O) groups is 1. The molecule has 1 N–H and O–H groups in total. The number of aryl methyl sites for hydroxylation is 1. The first kappa shape index (κ1) is 16.0. The van der Waals surface area contributed by atoms with Gasteiger partial charge in [0.2, 0.25) is 0 Å². The molecule has 1 atom stereocenters. The van der Waals surface area contributed by atoms with Gasteiger partial charge in [0.15, 0.2) is 17.3 Å². The molecule has 2 aromatic rings. The summed E-state index contributed by atoms with van der Waals surface area (Å²) in [6.07, 6.45) is -0.243. The topological polar surface area (TPSA) is 55.8 Å². The number of benzene rings is 2. The van der Waals surface area contributed by atoms with Crippen LogP contribution in [0.1, 0.15) is 23.7 Å². The number of carbonyl (C=O) groups excluding carboxylic acids is 1. The van der Waals surface area contributed by atoms with E-state index in [1.165, 1.54) is 7.11 Å². The second-order valence-electron chi connectivity index (χ2n) is 4.97. The van der Waals surface area contributed by atoms with Crippen molar-refractivity contribution in [3.63, 3.8) is 0 Å². The van der Waals surface area contributed by atoms with Gasteiger partial charge in [-0.3, -0.25) is 4.79 Å². The minimum Gasteiger partial charge on any atom is -0.493 e. The first-order valence-corrected chi connectivity index (χ1v) is 7.12. The van der Waals surface area contributed by atoms with Crippen molar-refractivity contribution in [1.29, 1.82) is 0 Å². The van der Waals surface area contributed by atoms with Crippen LogP contribution in [-0.2, 0) is 11.2 Å². The van der Waals surface area contributed by atoms with Gasteiger partial charge in [0, 0.05) is 6.42 Å². The number of Topliss-reactive ketones (excluding diaryl/α,β-unsaturated/α-hetero) is 1. The molecule has 4 nitrogen and oxygen atoms in total. The van der Waals surface area contributed by atoms with E-state index in [1.54, 1.807) is 25.3 Å². The number of hydrogen-bond donors (Lipinski definition) is 1. The Morgan fingerprint density at radius 2 is 1.73 bits per heavy atom. The molecule has 2 rings (SSSR count). The zero-order valence-electron chi connectivity index (χ0n) is 12.8. The smallest absolute Gasteiger partial charge is 0.166 e. The van der Waals surface area contributed by atoms with Crippen molar-refractivity contribution in [3.8, 4) is 11.5 Å². The first-order chi connectivity index (χ1) is 10.7. The third-order valence-corrected chi connectivity index (χ3v) is 3.53. The van der Waals surface area contributed by atoms with E-state index in [-0.39, 0.29) is 5.78 Å². The molecule has 1 unspecified atom stereocenters. The van der Waals surface area contributed by atoms with Crippen molar-refractivity contribution in [1.82, 2.24) is 0 Å². The molecule has 0 heterocycles. The summed E-state index contributed by atoms with van der Waals surface area (Å²) in [5, 5.41) is 10.2. The number of aliphatic hydroxyl groups excluding tert-OH is 1. The molecule has 0 amide bonds. The monoisotopic (exact) mass is 300 g/mol. The highest BCUT2D eigenvalue weighted by atomic mass is 16.5.